The standard InChI is InChI=1S/C12H16BrNO/c1-7(2)12-6-10(14)9-5-8(13)3-4-11(9)15-12/h3-5,7,10,12H,6,14H2,1-2H3/t10-,12?/m0/s1. The molecule has 3 heteroatoms. The normalized spacial score (nSPS) is 24.9. The van der Waals surface area contributed by atoms with Gasteiger partial charge in [-0.1, -0.05) is 29.8 Å². The van der Waals surface area contributed by atoms with Gasteiger partial charge in [-0.05, 0) is 24.1 Å². The summed E-state index contributed by atoms with van der Waals surface area (Å²) in [6.07, 6.45) is 1.15. The Labute approximate surface area is 98.9 Å². The second-order valence-electron chi connectivity index (χ2n) is 4.42. The van der Waals surface area contributed by atoms with E-state index in [0.717, 1.165) is 22.2 Å². The van der Waals surface area contributed by atoms with Gasteiger partial charge in [0.15, 0.2) is 0 Å². The Morgan fingerprint density at radius 3 is 2.87 bits per heavy atom. The number of rotatable bonds is 1. The predicted molar refractivity (Wildman–Crippen MR) is 64.9 cm³/mol. The zero-order valence-corrected chi connectivity index (χ0v) is 10.6. The first kappa shape index (κ1) is 11.0. The molecule has 2 nitrogen and oxygen atoms in total. The van der Waals surface area contributed by atoms with Crippen molar-refractivity contribution in [2.75, 3.05) is 0 Å². The van der Waals surface area contributed by atoms with Crippen molar-refractivity contribution in [1.82, 2.24) is 0 Å². The molecule has 0 radical (unpaired) electrons. The van der Waals surface area contributed by atoms with Crippen molar-refractivity contribution in [2.45, 2.75) is 32.4 Å². The monoisotopic (exact) mass is 269 g/mol. The Morgan fingerprint density at radius 2 is 2.20 bits per heavy atom. The van der Waals surface area contributed by atoms with Gasteiger partial charge in [0, 0.05) is 22.5 Å². The minimum Gasteiger partial charge on any atom is -0.490 e. The quantitative estimate of drug-likeness (QED) is 0.850. The van der Waals surface area contributed by atoms with Crippen molar-refractivity contribution in [2.24, 2.45) is 11.7 Å². The summed E-state index contributed by atoms with van der Waals surface area (Å²) in [5, 5.41) is 0. The predicted octanol–water partition coefficient (Wildman–Crippen LogP) is 3.26. The molecule has 2 N–H and O–H groups in total. The summed E-state index contributed by atoms with van der Waals surface area (Å²) in [5.74, 6) is 1.45. The summed E-state index contributed by atoms with van der Waals surface area (Å²) in [6, 6.07) is 6.14. The minimum absolute atomic E-state index is 0.0960. The lowest BCUT2D eigenvalue weighted by atomic mass is 9.92. The van der Waals surface area contributed by atoms with Crippen LogP contribution in [0.2, 0.25) is 0 Å². The number of nitrogens with two attached hydrogens (primary N) is 1. The molecule has 1 aliphatic heterocycles. The highest BCUT2D eigenvalue weighted by atomic mass is 79.9. The summed E-state index contributed by atoms with van der Waals surface area (Å²) >= 11 is 3.45. The second kappa shape index (κ2) is 4.14. The summed E-state index contributed by atoms with van der Waals surface area (Å²) < 4.78 is 6.98. The van der Waals surface area contributed by atoms with Gasteiger partial charge in [-0.15, -0.1) is 0 Å². The number of fused-ring (bicyclic) bond motifs is 1. The number of hydrogen-bond donors (Lipinski definition) is 1. The van der Waals surface area contributed by atoms with E-state index in [9.17, 15) is 0 Å². The van der Waals surface area contributed by atoms with Crippen LogP contribution in [0, 0.1) is 5.92 Å². The molecule has 1 aromatic rings. The van der Waals surface area contributed by atoms with Gasteiger partial charge in [-0.2, -0.15) is 0 Å². The molecule has 0 aliphatic carbocycles. The van der Waals surface area contributed by atoms with Crippen molar-refractivity contribution in [3.05, 3.63) is 28.2 Å². The second-order valence-corrected chi connectivity index (χ2v) is 5.34. The molecule has 1 aromatic carbocycles. The van der Waals surface area contributed by atoms with E-state index in [4.69, 9.17) is 10.5 Å². The highest BCUT2D eigenvalue weighted by molar-refractivity contribution is 9.10. The molecule has 0 saturated carbocycles. The molecule has 0 amide bonds. The first-order valence-corrected chi connectivity index (χ1v) is 6.09. The van der Waals surface area contributed by atoms with Crippen molar-refractivity contribution >= 4 is 15.9 Å². The molecular formula is C12H16BrNO. The van der Waals surface area contributed by atoms with Gasteiger partial charge in [0.25, 0.3) is 0 Å². The highest BCUT2D eigenvalue weighted by Gasteiger charge is 2.27. The molecule has 2 atom stereocenters. The average Bonchev–Trinajstić information content (AvgIpc) is 2.18. The van der Waals surface area contributed by atoms with Crippen molar-refractivity contribution in [1.29, 1.82) is 0 Å². The lowest BCUT2D eigenvalue weighted by molar-refractivity contribution is 0.115. The van der Waals surface area contributed by atoms with Crippen molar-refractivity contribution < 1.29 is 4.74 Å². The fourth-order valence-corrected chi connectivity index (χ4v) is 2.29. The fraction of sp³-hybridized carbons (Fsp3) is 0.500. The van der Waals surface area contributed by atoms with E-state index in [1.165, 1.54) is 0 Å². The van der Waals surface area contributed by atoms with Gasteiger partial charge >= 0.3 is 0 Å². The van der Waals surface area contributed by atoms with E-state index in [0.29, 0.717) is 5.92 Å². The van der Waals surface area contributed by atoms with Crippen molar-refractivity contribution in [3.8, 4) is 5.75 Å². The number of ether oxygens (including phenoxy) is 1. The smallest absolute Gasteiger partial charge is 0.124 e. The van der Waals surface area contributed by atoms with Crippen LogP contribution in [0.3, 0.4) is 0 Å². The van der Waals surface area contributed by atoms with Crippen molar-refractivity contribution in [3.63, 3.8) is 0 Å². The van der Waals surface area contributed by atoms with Crippen LogP contribution in [0.5, 0.6) is 5.75 Å². The largest absolute Gasteiger partial charge is 0.490 e. The van der Waals surface area contributed by atoms with Crippen LogP contribution in [-0.2, 0) is 0 Å². The van der Waals surface area contributed by atoms with Gasteiger partial charge < -0.3 is 10.5 Å². The van der Waals surface area contributed by atoms with Gasteiger partial charge in [0.2, 0.25) is 0 Å². The number of halogens is 1. The Balaban J connectivity index is 2.32. The van der Waals surface area contributed by atoms with Crippen LogP contribution < -0.4 is 10.5 Å². The lowest BCUT2D eigenvalue weighted by Crippen LogP contribution is -2.33. The molecule has 0 spiro atoms. The maximum Gasteiger partial charge on any atom is 0.124 e. The van der Waals surface area contributed by atoms with E-state index in [-0.39, 0.29) is 12.1 Å². The lowest BCUT2D eigenvalue weighted by Gasteiger charge is -2.32. The molecule has 0 fully saturated rings. The van der Waals surface area contributed by atoms with E-state index >= 15 is 0 Å². The van der Waals surface area contributed by atoms with Crippen LogP contribution in [-0.4, -0.2) is 6.10 Å². The molecule has 1 heterocycles. The molecule has 15 heavy (non-hydrogen) atoms. The zero-order valence-electron chi connectivity index (χ0n) is 9.03. The average molecular weight is 270 g/mol. The maximum absolute atomic E-state index is 6.14. The van der Waals surface area contributed by atoms with Gasteiger partial charge in [-0.3, -0.25) is 0 Å². The van der Waals surface area contributed by atoms with Gasteiger partial charge in [0.05, 0.1) is 0 Å². The Hall–Kier alpha value is -0.540. The molecule has 2 rings (SSSR count). The summed E-state index contributed by atoms with van der Waals surface area (Å²) in [4.78, 5) is 0. The molecule has 0 bridgehead atoms. The van der Waals surface area contributed by atoms with E-state index < -0.39 is 0 Å². The third kappa shape index (κ3) is 2.18. The van der Waals surface area contributed by atoms with Crippen LogP contribution >= 0.6 is 15.9 Å². The number of benzene rings is 1. The molecule has 0 aromatic heterocycles. The van der Waals surface area contributed by atoms with Crippen LogP contribution in [0.15, 0.2) is 22.7 Å². The first-order valence-electron chi connectivity index (χ1n) is 5.29. The molecule has 1 aliphatic rings. The van der Waals surface area contributed by atoms with E-state index in [2.05, 4.69) is 35.8 Å². The zero-order chi connectivity index (χ0) is 11.0. The first-order chi connectivity index (χ1) is 7.08. The third-order valence-electron chi connectivity index (χ3n) is 2.88. The van der Waals surface area contributed by atoms with E-state index in [1.807, 2.05) is 12.1 Å². The SMILES string of the molecule is CC(C)C1C[C@H](N)c2cc(Br)ccc2O1. The maximum atomic E-state index is 6.14. The molecule has 1 unspecified atom stereocenters. The summed E-state index contributed by atoms with van der Waals surface area (Å²) in [7, 11) is 0. The fourth-order valence-electron chi connectivity index (χ4n) is 1.91. The highest BCUT2D eigenvalue weighted by Crippen LogP contribution is 2.36. The third-order valence-corrected chi connectivity index (χ3v) is 3.37. The summed E-state index contributed by atoms with van der Waals surface area (Å²) in [5.41, 5.74) is 7.25. The van der Waals surface area contributed by atoms with Gasteiger partial charge in [0.1, 0.15) is 11.9 Å². The van der Waals surface area contributed by atoms with Crippen LogP contribution in [0.1, 0.15) is 31.9 Å². The Morgan fingerprint density at radius 1 is 1.47 bits per heavy atom. The van der Waals surface area contributed by atoms with Crippen LogP contribution in [0.25, 0.3) is 0 Å². The molecule has 82 valence electrons. The number of hydrogen-bond acceptors (Lipinski definition) is 2. The van der Waals surface area contributed by atoms with Gasteiger partial charge in [-0.25, -0.2) is 0 Å². The molecule has 0 saturated heterocycles. The minimum atomic E-state index is 0.0960. The van der Waals surface area contributed by atoms with E-state index in [1.54, 1.807) is 0 Å². The Kier molecular flexibility index (Phi) is 3.03. The Bertz CT molecular complexity index is 365. The van der Waals surface area contributed by atoms with Crippen LogP contribution in [0.4, 0.5) is 0 Å². The molecular weight excluding hydrogens is 254 g/mol. The topological polar surface area (TPSA) is 35.2 Å². The summed E-state index contributed by atoms with van der Waals surface area (Å²) in [6.45, 7) is 4.34.